The lowest BCUT2D eigenvalue weighted by atomic mass is 10.0. The Morgan fingerprint density at radius 1 is 1.41 bits per heavy atom. The highest BCUT2D eigenvalue weighted by molar-refractivity contribution is 9.10. The van der Waals surface area contributed by atoms with E-state index < -0.39 is 0 Å². The summed E-state index contributed by atoms with van der Waals surface area (Å²) in [5, 5.41) is 3.31. The van der Waals surface area contributed by atoms with Crippen molar-refractivity contribution in [3.05, 3.63) is 46.7 Å². The van der Waals surface area contributed by atoms with E-state index in [4.69, 9.17) is 0 Å². The van der Waals surface area contributed by atoms with Crippen LogP contribution in [0.1, 0.15) is 11.6 Å². The minimum Gasteiger partial charge on any atom is -0.314 e. The van der Waals surface area contributed by atoms with Gasteiger partial charge in [-0.2, -0.15) is 0 Å². The second-order valence-corrected chi connectivity index (χ2v) is 4.99. The van der Waals surface area contributed by atoms with Crippen LogP contribution in [0, 0.1) is 5.82 Å². The van der Waals surface area contributed by atoms with Gasteiger partial charge in [-0.1, -0.05) is 22.0 Å². The minimum atomic E-state index is -0.204. The largest absolute Gasteiger partial charge is 0.314 e. The molecule has 0 aliphatic carbocycles. The minimum absolute atomic E-state index is 0.0715. The van der Waals surface area contributed by atoms with Crippen molar-refractivity contribution in [2.45, 2.75) is 6.04 Å². The first-order valence-corrected chi connectivity index (χ1v) is 6.54. The Bertz CT molecular complexity index is 402. The van der Waals surface area contributed by atoms with Crippen LogP contribution in [0.3, 0.4) is 0 Å². The molecular formula is C13H16BrFN2. The summed E-state index contributed by atoms with van der Waals surface area (Å²) in [6.07, 6.45) is 1.88. The average Bonchev–Trinajstić information content (AvgIpc) is 2.36. The Labute approximate surface area is 110 Å². The fourth-order valence-corrected chi connectivity index (χ4v) is 2.66. The molecule has 0 aromatic heterocycles. The molecule has 0 bridgehead atoms. The van der Waals surface area contributed by atoms with Gasteiger partial charge in [0.1, 0.15) is 5.82 Å². The van der Waals surface area contributed by atoms with Gasteiger partial charge in [0.2, 0.25) is 0 Å². The summed E-state index contributed by atoms with van der Waals surface area (Å²) in [5.41, 5.74) is 0.946. The van der Waals surface area contributed by atoms with Crippen molar-refractivity contribution >= 4 is 15.9 Å². The van der Waals surface area contributed by atoms with Crippen LogP contribution in [0.25, 0.3) is 0 Å². The van der Waals surface area contributed by atoms with Crippen molar-refractivity contribution in [3.63, 3.8) is 0 Å². The molecule has 1 N–H and O–H groups in total. The van der Waals surface area contributed by atoms with Crippen molar-refractivity contribution in [2.24, 2.45) is 0 Å². The smallest absolute Gasteiger partial charge is 0.123 e. The molecule has 1 aliphatic rings. The summed E-state index contributed by atoms with van der Waals surface area (Å²) in [6.45, 7) is 7.73. The maximum absolute atomic E-state index is 13.3. The Balaban J connectivity index is 2.27. The second kappa shape index (κ2) is 5.76. The summed E-state index contributed by atoms with van der Waals surface area (Å²) in [6, 6.07) is 4.87. The maximum atomic E-state index is 13.3. The number of benzene rings is 1. The molecule has 1 saturated heterocycles. The highest BCUT2D eigenvalue weighted by Gasteiger charge is 2.21. The Hall–Kier alpha value is -0.710. The average molecular weight is 299 g/mol. The molecule has 1 atom stereocenters. The van der Waals surface area contributed by atoms with Gasteiger partial charge in [0, 0.05) is 30.7 Å². The van der Waals surface area contributed by atoms with Gasteiger partial charge in [-0.3, -0.25) is 4.90 Å². The van der Waals surface area contributed by atoms with Crippen molar-refractivity contribution < 1.29 is 4.39 Å². The van der Waals surface area contributed by atoms with Crippen LogP contribution in [0.2, 0.25) is 0 Å². The first-order valence-electron chi connectivity index (χ1n) is 5.74. The quantitative estimate of drug-likeness (QED) is 0.863. The van der Waals surface area contributed by atoms with Crippen LogP contribution in [0.4, 0.5) is 4.39 Å². The summed E-state index contributed by atoms with van der Waals surface area (Å²) in [5.74, 6) is -0.204. The van der Waals surface area contributed by atoms with Crippen LogP contribution in [0.15, 0.2) is 35.3 Å². The van der Waals surface area contributed by atoms with E-state index in [2.05, 4.69) is 32.7 Å². The van der Waals surface area contributed by atoms with Crippen molar-refractivity contribution in [2.75, 3.05) is 26.2 Å². The third-order valence-electron chi connectivity index (χ3n) is 3.04. The molecular weight excluding hydrogens is 283 g/mol. The molecule has 92 valence electrons. The molecule has 1 fully saturated rings. The van der Waals surface area contributed by atoms with E-state index in [9.17, 15) is 4.39 Å². The third kappa shape index (κ3) is 2.94. The second-order valence-electron chi connectivity index (χ2n) is 4.13. The topological polar surface area (TPSA) is 15.3 Å². The van der Waals surface area contributed by atoms with Crippen molar-refractivity contribution in [3.8, 4) is 0 Å². The molecule has 1 aliphatic heterocycles. The first-order chi connectivity index (χ1) is 8.22. The molecule has 1 aromatic carbocycles. The number of nitrogens with one attached hydrogen (secondary N) is 1. The van der Waals surface area contributed by atoms with E-state index in [1.165, 1.54) is 6.07 Å². The van der Waals surface area contributed by atoms with Gasteiger partial charge < -0.3 is 5.32 Å². The van der Waals surface area contributed by atoms with E-state index >= 15 is 0 Å². The molecule has 0 amide bonds. The predicted octanol–water partition coefficient (Wildman–Crippen LogP) is 2.72. The van der Waals surface area contributed by atoms with Gasteiger partial charge in [-0.25, -0.2) is 4.39 Å². The van der Waals surface area contributed by atoms with Crippen LogP contribution < -0.4 is 5.32 Å². The van der Waals surface area contributed by atoms with Gasteiger partial charge in [0.05, 0.1) is 6.04 Å². The van der Waals surface area contributed by atoms with Crippen molar-refractivity contribution in [1.82, 2.24) is 10.2 Å². The standard InChI is InChI=1S/C13H16BrFN2/c1-2-13(17-7-5-16-6-8-17)11-9-10(15)3-4-12(11)14/h2-4,9,13,16H,1,5-8H2/t13-/m0/s1. The molecule has 17 heavy (non-hydrogen) atoms. The summed E-state index contributed by atoms with van der Waals surface area (Å²) in [4.78, 5) is 2.31. The van der Waals surface area contributed by atoms with Gasteiger partial charge in [-0.05, 0) is 23.8 Å². The zero-order chi connectivity index (χ0) is 12.3. The van der Waals surface area contributed by atoms with E-state index in [1.807, 2.05) is 6.08 Å². The molecule has 0 radical (unpaired) electrons. The molecule has 1 aromatic rings. The molecule has 0 unspecified atom stereocenters. The zero-order valence-electron chi connectivity index (χ0n) is 9.63. The highest BCUT2D eigenvalue weighted by Crippen LogP contribution is 2.29. The van der Waals surface area contributed by atoms with E-state index in [0.717, 1.165) is 36.2 Å². The highest BCUT2D eigenvalue weighted by atomic mass is 79.9. The lowest BCUT2D eigenvalue weighted by Crippen LogP contribution is -2.44. The van der Waals surface area contributed by atoms with E-state index in [-0.39, 0.29) is 11.9 Å². The summed E-state index contributed by atoms with van der Waals surface area (Å²) >= 11 is 3.48. The summed E-state index contributed by atoms with van der Waals surface area (Å²) in [7, 11) is 0. The van der Waals surface area contributed by atoms with Gasteiger partial charge in [0.25, 0.3) is 0 Å². The summed E-state index contributed by atoms with van der Waals surface area (Å²) < 4.78 is 14.3. The molecule has 0 spiro atoms. The molecule has 1 heterocycles. The SMILES string of the molecule is C=C[C@@H](c1cc(F)ccc1Br)N1CCNCC1. The number of nitrogens with zero attached hydrogens (tertiary/aromatic N) is 1. The molecule has 4 heteroatoms. The number of hydrogen-bond acceptors (Lipinski definition) is 2. The number of rotatable bonds is 3. The maximum Gasteiger partial charge on any atom is 0.123 e. The molecule has 2 nitrogen and oxygen atoms in total. The van der Waals surface area contributed by atoms with Crippen LogP contribution in [-0.4, -0.2) is 31.1 Å². The number of halogens is 2. The van der Waals surface area contributed by atoms with Crippen molar-refractivity contribution in [1.29, 1.82) is 0 Å². The van der Waals surface area contributed by atoms with Gasteiger partial charge in [-0.15, -0.1) is 6.58 Å². The van der Waals surface area contributed by atoms with E-state index in [0.29, 0.717) is 0 Å². The van der Waals surface area contributed by atoms with Gasteiger partial charge in [0.15, 0.2) is 0 Å². The Morgan fingerprint density at radius 2 is 2.12 bits per heavy atom. The molecule has 2 rings (SSSR count). The Kier molecular flexibility index (Phi) is 4.31. The van der Waals surface area contributed by atoms with E-state index in [1.54, 1.807) is 12.1 Å². The van der Waals surface area contributed by atoms with Crippen LogP contribution >= 0.6 is 15.9 Å². The van der Waals surface area contributed by atoms with Crippen LogP contribution in [-0.2, 0) is 0 Å². The number of piperazine rings is 1. The fraction of sp³-hybridized carbons (Fsp3) is 0.385. The first kappa shape index (κ1) is 12.7. The number of hydrogen-bond donors (Lipinski definition) is 1. The predicted molar refractivity (Wildman–Crippen MR) is 71.5 cm³/mol. The Morgan fingerprint density at radius 3 is 2.76 bits per heavy atom. The third-order valence-corrected chi connectivity index (χ3v) is 3.77. The lowest BCUT2D eigenvalue weighted by Gasteiger charge is -2.33. The van der Waals surface area contributed by atoms with Gasteiger partial charge >= 0.3 is 0 Å². The zero-order valence-corrected chi connectivity index (χ0v) is 11.2. The fourth-order valence-electron chi connectivity index (χ4n) is 2.17. The normalized spacial score (nSPS) is 18.9. The monoisotopic (exact) mass is 298 g/mol. The molecule has 0 saturated carbocycles. The lowest BCUT2D eigenvalue weighted by molar-refractivity contribution is 0.203. The van der Waals surface area contributed by atoms with Crippen LogP contribution in [0.5, 0.6) is 0 Å².